The zero-order valence-electron chi connectivity index (χ0n) is 16.1. The van der Waals surface area contributed by atoms with E-state index in [0.29, 0.717) is 13.2 Å². The average Bonchev–Trinajstić information content (AvgIpc) is 3.18. The lowest BCUT2D eigenvalue weighted by atomic mass is 10.1. The molecule has 0 bridgehead atoms. The highest BCUT2D eigenvalue weighted by atomic mass is 16.8. The Balaban J connectivity index is 1.38. The van der Waals surface area contributed by atoms with Crippen LogP contribution in [-0.4, -0.2) is 93.2 Å². The minimum atomic E-state index is -0.668. The van der Waals surface area contributed by atoms with Crippen LogP contribution in [0.4, 0.5) is 0 Å². The van der Waals surface area contributed by atoms with Crippen molar-refractivity contribution in [1.29, 1.82) is 0 Å². The van der Waals surface area contributed by atoms with Gasteiger partial charge in [-0.25, -0.2) is 0 Å². The minimum absolute atomic E-state index is 0.195. The summed E-state index contributed by atoms with van der Waals surface area (Å²) in [7, 11) is 0. The van der Waals surface area contributed by atoms with E-state index in [1.165, 1.54) is 0 Å². The lowest BCUT2D eigenvalue weighted by Gasteiger charge is -2.30. The van der Waals surface area contributed by atoms with Gasteiger partial charge in [-0.3, -0.25) is 4.90 Å². The van der Waals surface area contributed by atoms with Gasteiger partial charge < -0.3 is 33.2 Å². The van der Waals surface area contributed by atoms with Gasteiger partial charge in [-0.15, -0.1) is 0 Å². The second-order valence-corrected chi connectivity index (χ2v) is 8.23. The molecule has 0 aliphatic carbocycles. The Morgan fingerprint density at radius 1 is 0.962 bits per heavy atom. The standard InChI is InChI=1S/C18H31NO7/c1-17(2)22-11-12(24-17)13-14(15-16(23-13)26-18(3,4)25-15)21-10-7-19-5-8-20-9-6-19/h12-16H,5-11H2,1-4H3/t12-,13-,14+,15?,16?/m1/s1. The molecule has 0 N–H and O–H groups in total. The molecule has 8 nitrogen and oxygen atoms in total. The fourth-order valence-electron chi connectivity index (χ4n) is 4.01. The molecule has 0 aromatic heterocycles. The molecule has 4 aliphatic rings. The summed E-state index contributed by atoms with van der Waals surface area (Å²) >= 11 is 0. The summed E-state index contributed by atoms with van der Waals surface area (Å²) in [5.41, 5.74) is 0. The van der Waals surface area contributed by atoms with Gasteiger partial charge in [0.15, 0.2) is 17.9 Å². The van der Waals surface area contributed by atoms with Crippen LogP contribution < -0.4 is 0 Å². The topological polar surface area (TPSA) is 67.9 Å². The van der Waals surface area contributed by atoms with Crippen molar-refractivity contribution in [2.45, 2.75) is 70.0 Å². The summed E-state index contributed by atoms with van der Waals surface area (Å²) in [4.78, 5) is 2.35. The summed E-state index contributed by atoms with van der Waals surface area (Å²) in [5, 5.41) is 0. The van der Waals surface area contributed by atoms with Crippen molar-refractivity contribution in [2.75, 3.05) is 46.1 Å². The zero-order valence-corrected chi connectivity index (χ0v) is 16.1. The first-order valence-corrected chi connectivity index (χ1v) is 9.58. The van der Waals surface area contributed by atoms with Crippen LogP contribution in [0.2, 0.25) is 0 Å². The first kappa shape index (κ1) is 19.0. The highest BCUT2D eigenvalue weighted by Crippen LogP contribution is 2.41. The molecule has 4 rings (SSSR count). The van der Waals surface area contributed by atoms with Crippen molar-refractivity contribution in [3.05, 3.63) is 0 Å². The minimum Gasteiger partial charge on any atom is -0.379 e. The van der Waals surface area contributed by atoms with Crippen molar-refractivity contribution < 1.29 is 33.2 Å². The molecule has 26 heavy (non-hydrogen) atoms. The van der Waals surface area contributed by atoms with Crippen LogP contribution in [-0.2, 0) is 33.2 Å². The molecule has 4 aliphatic heterocycles. The molecular formula is C18H31NO7. The molecule has 0 aromatic rings. The number of fused-ring (bicyclic) bond motifs is 1. The highest BCUT2D eigenvalue weighted by molar-refractivity contribution is 4.98. The number of hydrogen-bond acceptors (Lipinski definition) is 8. The van der Waals surface area contributed by atoms with Crippen molar-refractivity contribution in [2.24, 2.45) is 0 Å². The summed E-state index contributed by atoms with van der Waals surface area (Å²) in [6, 6.07) is 0. The largest absolute Gasteiger partial charge is 0.379 e. The van der Waals surface area contributed by atoms with E-state index >= 15 is 0 Å². The molecule has 5 atom stereocenters. The van der Waals surface area contributed by atoms with Gasteiger partial charge in [0.1, 0.15) is 24.4 Å². The maximum Gasteiger partial charge on any atom is 0.190 e. The number of nitrogens with zero attached hydrogens (tertiary/aromatic N) is 1. The van der Waals surface area contributed by atoms with Gasteiger partial charge in [-0.2, -0.15) is 0 Å². The lowest BCUT2D eigenvalue weighted by Crippen LogP contribution is -2.45. The van der Waals surface area contributed by atoms with Gasteiger partial charge in [-0.05, 0) is 27.7 Å². The number of hydrogen-bond donors (Lipinski definition) is 0. The van der Waals surface area contributed by atoms with Gasteiger partial charge >= 0.3 is 0 Å². The van der Waals surface area contributed by atoms with Crippen LogP contribution in [0.25, 0.3) is 0 Å². The second-order valence-electron chi connectivity index (χ2n) is 8.23. The van der Waals surface area contributed by atoms with Crippen LogP contribution in [0.1, 0.15) is 27.7 Å². The molecule has 4 fully saturated rings. The molecule has 150 valence electrons. The van der Waals surface area contributed by atoms with E-state index < -0.39 is 17.9 Å². The van der Waals surface area contributed by atoms with E-state index in [-0.39, 0.29) is 24.4 Å². The SMILES string of the molecule is CC1(C)OC2O[C@H]([C@H]3COC(C)(C)O3)[C@H](OCCN3CCOCC3)C2O1. The molecule has 4 saturated heterocycles. The van der Waals surface area contributed by atoms with E-state index in [0.717, 1.165) is 32.8 Å². The van der Waals surface area contributed by atoms with Crippen LogP contribution in [0.5, 0.6) is 0 Å². The number of ether oxygens (including phenoxy) is 7. The van der Waals surface area contributed by atoms with E-state index in [1.54, 1.807) is 0 Å². The Hall–Kier alpha value is -0.320. The molecule has 8 heteroatoms. The first-order valence-electron chi connectivity index (χ1n) is 9.58. The Bertz CT molecular complexity index is 494. The molecule has 2 unspecified atom stereocenters. The van der Waals surface area contributed by atoms with Gasteiger partial charge in [0, 0.05) is 19.6 Å². The van der Waals surface area contributed by atoms with Crippen LogP contribution in [0.3, 0.4) is 0 Å². The van der Waals surface area contributed by atoms with Gasteiger partial charge in [-0.1, -0.05) is 0 Å². The van der Waals surface area contributed by atoms with Crippen LogP contribution >= 0.6 is 0 Å². The molecular weight excluding hydrogens is 342 g/mol. The van der Waals surface area contributed by atoms with Gasteiger partial charge in [0.05, 0.1) is 26.4 Å². The van der Waals surface area contributed by atoms with Crippen LogP contribution in [0.15, 0.2) is 0 Å². The highest BCUT2D eigenvalue weighted by Gasteiger charge is 2.58. The molecule has 0 spiro atoms. The Kier molecular flexibility index (Phi) is 5.31. The van der Waals surface area contributed by atoms with Gasteiger partial charge in [0.2, 0.25) is 0 Å². The fraction of sp³-hybridized carbons (Fsp3) is 1.00. The van der Waals surface area contributed by atoms with Crippen molar-refractivity contribution >= 4 is 0 Å². The Morgan fingerprint density at radius 2 is 1.73 bits per heavy atom. The van der Waals surface area contributed by atoms with Gasteiger partial charge in [0.25, 0.3) is 0 Å². The summed E-state index contributed by atoms with van der Waals surface area (Å²) < 4.78 is 41.5. The third kappa shape index (κ3) is 4.07. The van der Waals surface area contributed by atoms with E-state index in [4.69, 9.17) is 33.2 Å². The van der Waals surface area contributed by atoms with Crippen molar-refractivity contribution in [3.8, 4) is 0 Å². The zero-order chi connectivity index (χ0) is 18.4. The third-order valence-corrected chi connectivity index (χ3v) is 5.25. The molecule has 0 radical (unpaired) electrons. The smallest absolute Gasteiger partial charge is 0.190 e. The normalized spacial score (nSPS) is 42.2. The monoisotopic (exact) mass is 373 g/mol. The second kappa shape index (κ2) is 7.25. The third-order valence-electron chi connectivity index (χ3n) is 5.25. The molecule has 0 amide bonds. The van der Waals surface area contributed by atoms with E-state index in [1.807, 2.05) is 27.7 Å². The first-order chi connectivity index (χ1) is 12.3. The van der Waals surface area contributed by atoms with Crippen LogP contribution in [0, 0.1) is 0 Å². The number of rotatable bonds is 5. The van der Waals surface area contributed by atoms with E-state index in [9.17, 15) is 0 Å². The summed E-state index contributed by atoms with van der Waals surface area (Å²) in [5.74, 6) is -1.27. The number of morpholine rings is 1. The lowest BCUT2D eigenvalue weighted by molar-refractivity contribution is -0.236. The fourth-order valence-corrected chi connectivity index (χ4v) is 4.01. The molecule has 4 heterocycles. The average molecular weight is 373 g/mol. The molecule has 0 saturated carbocycles. The maximum atomic E-state index is 6.26. The summed E-state index contributed by atoms with van der Waals surface area (Å²) in [6.07, 6.45) is -1.40. The Labute approximate surface area is 154 Å². The van der Waals surface area contributed by atoms with E-state index in [2.05, 4.69) is 4.90 Å². The predicted octanol–water partition coefficient (Wildman–Crippen LogP) is 0.732. The Morgan fingerprint density at radius 3 is 2.42 bits per heavy atom. The van der Waals surface area contributed by atoms with Crippen molar-refractivity contribution in [3.63, 3.8) is 0 Å². The quantitative estimate of drug-likeness (QED) is 0.699. The summed E-state index contributed by atoms with van der Waals surface area (Å²) in [6.45, 7) is 13.0. The van der Waals surface area contributed by atoms with Crippen molar-refractivity contribution in [1.82, 2.24) is 4.90 Å². The predicted molar refractivity (Wildman–Crippen MR) is 90.6 cm³/mol. The molecule has 0 aromatic carbocycles. The maximum absolute atomic E-state index is 6.26.